The first-order valence-electron chi connectivity index (χ1n) is 10.2. The summed E-state index contributed by atoms with van der Waals surface area (Å²) in [7, 11) is 5.04. The molecule has 0 aromatic heterocycles. The third-order valence-electron chi connectivity index (χ3n) is 5.57. The lowest BCUT2D eigenvalue weighted by atomic mass is 10.1. The van der Waals surface area contributed by atoms with Crippen molar-refractivity contribution in [2.75, 3.05) is 32.8 Å². The minimum absolute atomic E-state index is 0.242. The van der Waals surface area contributed by atoms with Gasteiger partial charge in [0.1, 0.15) is 23.0 Å². The molecule has 3 aromatic carbocycles. The number of nitrogens with zero attached hydrogens (tertiary/aromatic N) is 1. The Morgan fingerprint density at radius 3 is 2.45 bits per heavy atom. The smallest absolute Gasteiger partial charge is 0.123 e. The fourth-order valence-electron chi connectivity index (χ4n) is 3.92. The molecule has 31 heavy (non-hydrogen) atoms. The highest BCUT2D eigenvalue weighted by Crippen LogP contribution is 2.48. The van der Waals surface area contributed by atoms with Crippen LogP contribution in [0.1, 0.15) is 22.8 Å². The number of benzene rings is 3. The van der Waals surface area contributed by atoms with Crippen LogP contribution in [0.25, 0.3) is 0 Å². The molecule has 1 N–H and O–H groups in total. The second-order valence-electron chi connectivity index (χ2n) is 7.39. The average molecular weight is 438 g/mol. The van der Waals surface area contributed by atoms with Crippen LogP contribution in [0.5, 0.6) is 23.0 Å². The molecule has 0 saturated carbocycles. The first-order chi connectivity index (χ1) is 15.1. The molecular weight excluding hydrogens is 410 g/mol. The van der Waals surface area contributed by atoms with E-state index in [1.807, 2.05) is 36.0 Å². The van der Waals surface area contributed by atoms with Crippen LogP contribution < -0.4 is 19.1 Å². The molecule has 0 aliphatic carbocycles. The number of anilines is 1. The van der Waals surface area contributed by atoms with Crippen molar-refractivity contribution in [1.29, 1.82) is 0 Å². The van der Waals surface area contributed by atoms with Crippen molar-refractivity contribution in [2.45, 2.75) is 23.1 Å². The lowest BCUT2D eigenvalue weighted by Crippen LogP contribution is -2.24. The van der Waals surface area contributed by atoms with Gasteiger partial charge in [-0.1, -0.05) is 18.2 Å². The lowest BCUT2D eigenvalue weighted by molar-refractivity contribution is 0.408. The van der Waals surface area contributed by atoms with Gasteiger partial charge in [-0.25, -0.2) is 0 Å². The molecular formula is C25H27NO4S. The van der Waals surface area contributed by atoms with E-state index < -0.39 is 0 Å². The van der Waals surface area contributed by atoms with Gasteiger partial charge in [0.25, 0.3) is 0 Å². The van der Waals surface area contributed by atoms with E-state index in [9.17, 15) is 5.11 Å². The van der Waals surface area contributed by atoms with Gasteiger partial charge in [0.05, 0.1) is 27.0 Å². The molecule has 162 valence electrons. The number of methoxy groups -OCH3 is 3. The van der Waals surface area contributed by atoms with Crippen molar-refractivity contribution >= 4 is 17.4 Å². The Morgan fingerprint density at radius 2 is 1.68 bits per heavy atom. The highest BCUT2D eigenvalue weighted by Gasteiger charge is 2.26. The Balaban J connectivity index is 1.71. The maximum Gasteiger partial charge on any atom is 0.123 e. The third kappa shape index (κ3) is 4.54. The minimum Gasteiger partial charge on any atom is -0.508 e. The van der Waals surface area contributed by atoms with Gasteiger partial charge in [0.2, 0.25) is 0 Å². The van der Waals surface area contributed by atoms with Crippen molar-refractivity contribution in [3.63, 3.8) is 0 Å². The standard InChI is InChI=1S/C25H27NO4S/c1-28-18-9-11-22(27)17(14-18)16-26-13-12-24(20-6-4-5-7-23(20)30-3)31-25-15-19(29-2)8-10-21(25)26/h4-11,14-15,24,27H,12-13,16H2,1-3H3. The summed E-state index contributed by atoms with van der Waals surface area (Å²) in [5, 5.41) is 10.7. The van der Waals surface area contributed by atoms with E-state index >= 15 is 0 Å². The summed E-state index contributed by atoms with van der Waals surface area (Å²) in [6.07, 6.45) is 0.937. The maximum atomic E-state index is 10.4. The fraction of sp³-hybridized carbons (Fsp3) is 0.280. The zero-order chi connectivity index (χ0) is 21.8. The fourth-order valence-corrected chi connectivity index (χ4v) is 5.27. The highest BCUT2D eigenvalue weighted by atomic mass is 32.2. The van der Waals surface area contributed by atoms with Crippen LogP contribution in [0, 0.1) is 0 Å². The largest absolute Gasteiger partial charge is 0.508 e. The van der Waals surface area contributed by atoms with Gasteiger partial charge in [-0.15, -0.1) is 11.8 Å². The summed E-state index contributed by atoms with van der Waals surface area (Å²) in [5.41, 5.74) is 3.15. The number of fused-ring (bicyclic) bond motifs is 1. The summed E-state index contributed by atoms with van der Waals surface area (Å²) in [5.74, 6) is 2.74. The van der Waals surface area contributed by atoms with Gasteiger partial charge >= 0.3 is 0 Å². The summed E-state index contributed by atoms with van der Waals surface area (Å²) in [6.45, 7) is 1.42. The number of rotatable bonds is 6. The van der Waals surface area contributed by atoms with Crippen molar-refractivity contribution in [1.82, 2.24) is 0 Å². The molecule has 0 saturated heterocycles. The number of hydrogen-bond donors (Lipinski definition) is 1. The normalized spacial score (nSPS) is 15.7. The average Bonchev–Trinajstić information content (AvgIpc) is 2.99. The summed E-state index contributed by atoms with van der Waals surface area (Å²) >= 11 is 1.83. The van der Waals surface area contributed by atoms with E-state index in [1.54, 1.807) is 33.5 Å². The molecule has 4 rings (SSSR count). The van der Waals surface area contributed by atoms with Gasteiger partial charge in [-0.05, 0) is 48.9 Å². The molecule has 1 unspecified atom stereocenters. The third-order valence-corrected chi connectivity index (χ3v) is 6.93. The topological polar surface area (TPSA) is 51.2 Å². The molecule has 1 heterocycles. The summed E-state index contributed by atoms with van der Waals surface area (Å²) in [6, 6.07) is 19.7. The number of hydrogen-bond acceptors (Lipinski definition) is 6. The van der Waals surface area contributed by atoms with Crippen LogP contribution in [0.4, 0.5) is 5.69 Å². The molecule has 0 spiro atoms. The molecule has 1 atom stereocenters. The molecule has 5 nitrogen and oxygen atoms in total. The second-order valence-corrected chi connectivity index (χ2v) is 8.63. The molecule has 1 aliphatic heterocycles. The number of thioether (sulfide) groups is 1. The molecule has 0 radical (unpaired) electrons. The first-order valence-corrected chi connectivity index (χ1v) is 11.1. The Hall–Kier alpha value is -2.99. The number of aromatic hydroxyl groups is 1. The molecule has 1 aliphatic rings. The van der Waals surface area contributed by atoms with Gasteiger partial charge in [-0.3, -0.25) is 0 Å². The van der Waals surface area contributed by atoms with Crippen LogP contribution in [0.15, 0.2) is 65.6 Å². The molecule has 6 heteroatoms. The van der Waals surface area contributed by atoms with Crippen LogP contribution in [-0.2, 0) is 6.54 Å². The number of para-hydroxylation sites is 1. The quantitative estimate of drug-likeness (QED) is 0.537. The van der Waals surface area contributed by atoms with E-state index in [-0.39, 0.29) is 11.0 Å². The van der Waals surface area contributed by atoms with E-state index in [4.69, 9.17) is 14.2 Å². The zero-order valence-corrected chi connectivity index (χ0v) is 18.8. The molecule has 0 amide bonds. The second kappa shape index (κ2) is 9.43. The van der Waals surface area contributed by atoms with Crippen LogP contribution in [0.3, 0.4) is 0 Å². The van der Waals surface area contributed by atoms with Crippen molar-refractivity contribution in [3.8, 4) is 23.0 Å². The predicted octanol–water partition coefficient (Wildman–Crippen LogP) is 5.66. The summed E-state index contributed by atoms with van der Waals surface area (Å²) < 4.78 is 16.5. The van der Waals surface area contributed by atoms with Crippen LogP contribution in [0.2, 0.25) is 0 Å². The van der Waals surface area contributed by atoms with E-state index in [1.165, 1.54) is 5.56 Å². The Kier molecular flexibility index (Phi) is 6.47. The van der Waals surface area contributed by atoms with Crippen molar-refractivity contribution in [3.05, 3.63) is 71.8 Å². The van der Waals surface area contributed by atoms with Crippen LogP contribution in [-0.4, -0.2) is 33.0 Å². The minimum atomic E-state index is 0.242. The van der Waals surface area contributed by atoms with E-state index in [2.05, 4.69) is 29.2 Å². The van der Waals surface area contributed by atoms with Gasteiger partial charge in [0.15, 0.2) is 0 Å². The molecule has 0 bridgehead atoms. The highest BCUT2D eigenvalue weighted by molar-refractivity contribution is 7.99. The van der Waals surface area contributed by atoms with Crippen LogP contribution >= 0.6 is 11.8 Å². The maximum absolute atomic E-state index is 10.4. The van der Waals surface area contributed by atoms with E-state index in [0.29, 0.717) is 6.54 Å². The summed E-state index contributed by atoms with van der Waals surface area (Å²) in [4.78, 5) is 3.46. The number of phenolic OH excluding ortho intramolecular Hbond substituents is 1. The predicted molar refractivity (Wildman–Crippen MR) is 125 cm³/mol. The Morgan fingerprint density at radius 1 is 0.935 bits per heavy atom. The van der Waals surface area contributed by atoms with Gasteiger partial charge in [-0.2, -0.15) is 0 Å². The molecule has 3 aromatic rings. The lowest BCUT2D eigenvalue weighted by Gasteiger charge is -2.25. The van der Waals surface area contributed by atoms with Crippen molar-refractivity contribution in [2.24, 2.45) is 0 Å². The number of phenols is 1. The van der Waals surface area contributed by atoms with E-state index in [0.717, 1.165) is 46.4 Å². The Labute approximate surface area is 187 Å². The first kappa shape index (κ1) is 21.2. The monoisotopic (exact) mass is 437 g/mol. The Bertz CT molecular complexity index is 1060. The van der Waals surface area contributed by atoms with Gasteiger partial charge < -0.3 is 24.2 Å². The SMILES string of the molecule is COc1ccc(O)c(CN2CCC(c3ccccc3OC)Sc3cc(OC)ccc32)c1. The van der Waals surface area contributed by atoms with Gasteiger partial charge in [0, 0.05) is 34.4 Å². The zero-order valence-electron chi connectivity index (χ0n) is 18.0. The van der Waals surface area contributed by atoms with Crippen molar-refractivity contribution < 1.29 is 19.3 Å². The molecule has 0 fully saturated rings. The number of ether oxygens (including phenoxy) is 3.